The predicted molar refractivity (Wildman–Crippen MR) is 104 cm³/mol. The van der Waals surface area contributed by atoms with Crippen molar-refractivity contribution in [2.24, 2.45) is 0 Å². The van der Waals surface area contributed by atoms with Crippen molar-refractivity contribution in [3.63, 3.8) is 0 Å². The molecule has 25 heavy (non-hydrogen) atoms. The van der Waals surface area contributed by atoms with Crippen LogP contribution in [0.4, 0.5) is 17.2 Å². The van der Waals surface area contributed by atoms with Crippen LogP contribution in [0, 0.1) is 0 Å². The summed E-state index contributed by atoms with van der Waals surface area (Å²) >= 11 is 0. The molecular weight excluding hydrogens is 312 g/mol. The lowest BCUT2D eigenvalue weighted by Gasteiger charge is -2.38. The normalized spacial score (nSPS) is 15.4. The Morgan fingerprint density at radius 1 is 1.08 bits per heavy atom. The van der Waals surface area contributed by atoms with Gasteiger partial charge in [0.2, 0.25) is 0 Å². The van der Waals surface area contributed by atoms with Crippen molar-refractivity contribution >= 4 is 17.2 Å². The van der Waals surface area contributed by atoms with Crippen LogP contribution < -0.4 is 10.2 Å². The number of hydrogen-bond donors (Lipinski definition) is 1. The Balaban J connectivity index is 1.78. The number of anilines is 3. The Hall–Kier alpha value is -2.11. The molecule has 0 bridgehead atoms. The lowest BCUT2D eigenvalue weighted by molar-refractivity contribution is 0.144. The first-order valence-electron chi connectivity index (χ1n) is 9.08. The molecule has 1 saturated heterocycles. The molecule has 2 heterocycles. The van der Waals surface area contributed by atoms with Crippen LogP contribution >= 0.6 is 0 Å². The summed E-state index contributed by atoms with van der Waals surface area (Å²) in [6.45, 7) is 8.26. The van der Waals surface area contributed by atoms with Gasteiger partial charge in [-0.25, -0.2) is 4.98 Å². The average Bonchev–Trinajstić information content (AvgIpc) is 2.67. The van der Waals surface area contributed by atoms with E-state index in [2.05, 4.69) is 45.2 Å². The molecule has 5 nitrogen and oxygen atoms in total. The summed E-state index contributed by atoms with van der Waals surface area (Å²) in [6, 6.07) is 12.5. The zero-order valence-corrected chi connectivity index (χ0v) is 15.2. The molecule has 2 aromatic rings. The maximum atomic E-state index is 5.21. The maximum Gasteiger partial charge on any atom is 0.130 e. The molecule has 5 heteroatoms. The molecular formula is C20H28N4O. The number of ether oxygens (including phenoxy) is 1. The lowest BCUT2D eigenvalue weighted by atomic mass is 10.1. The van der Waals surface area contributed by atoms with Crippen LogP contribution in [-0.4, -0.2) is 56.3 Å². The predicted octanol–water partition coefficient (Wildman–Crippen LogP) is 3.16. The van der Waals surface area contributed by atoms with Gasteiger partial charge in [0, 0.05) is 46.0 Å². The van der Waals surface area contributed by atoms with Crippen LogP contribution in [-0.2, 0) is 11.2 Å². The third kappa shape index (κ3) is 4.50. The van der Waals surface area contributed by atoms with Gasteiger partial charge < -0.3 is 15.0 Å². The van der Waals surface area contributed by atoms with Gasteiger partial charge in [-0.3, -0.25) is 4.90 Å². The fraction of sp³-hybridized carbons (Fsp3) is 0.450. The van der Waals surface area contributed by atoms with E-state index in [1.165, 1.54) is 11.3 Å². The Bertz CT molecular complexity index is 654. The van der Waals surface area contributed by atoms with E-state index < -0.39 is 0 Å². The van der Waals surface area contributed by atoms with E-state index in [1.807, 2.05) is 24.4 Å². The van der Waals surface area contributed by atoms with Gasteiger partial charge in [-0.05, 0) is 30.2 Å². The molecule has 0 amide bonds. The first-order valence-corrected chi connectivity index (χ1v) is 9.08. The van der Waals surface area contributed by atoms with Gasteiger partial charge in [-0.1, -0.05) is 25.1 Å². The van der Waals surface area contributed by atoms with Crippen molar-refractivity contribution in [2.45, 2.75) is 13.3 Å². The van der Waals surface area contributed by atoms with Gasteiger partial charge in [0.05, 0.1) is 18.0 Å². The van der Waals surface area contributed by atoms with Crippen LogP contribution in [0.15, 0.2) is 42.6 Å². The van der Waals surface area contributed by atoms with E-state index >= 15 is 0 Å². The molecule has 0 atom stereocenters. The fourth-order valence-electron chi connectivity index (χ4n) is 3.34. The molecule has 1 aliphatic heterocycles. The topological polar surface area (TPSA) is 40.6 Å². The largest absolute Gasteiger partial charge is 0.383 e. The zero-order valence-electron chi connectivity index (χ0n) is 15.2. The van der Waals surface area contributed by atoms with Crippen LogP contribution in [0.3, 0.4) is 0 Å². The number of nitrogens with one attached hydrogen (secondary N) is 1. The van der Waals surface area contributed by atoms with E-state index in [4.69, 9.17) is 4.74 Å². The number of piperazine rings is 1. The molecule has 134 valence electrons. The number of hydrogen-bond acceptors (Lipinski definition) is 5. The average molecular weight is 340 g/mol. The molecule has 0 radical (unpaired) electrons. The zero-order chi connectivity index (χ0) is 17.5. The third-order valence-corrected chi connectivity index (χ3v) is 4.73. The second-order valence-electron chi connectivity index (χ2n) is 6.33. The molecule has 3 rings (SSSR count). The minimum absolute atomic E-state index is 0.804. The van der Waals surface area contributed by atoms with Crippen molar-refractivity contribution in [3.05, 3.63) is 48.2 Å². The molecule has 1 fully saturated rings. The molecule has 1 aromatic carbocycles. The highest BCUT2D eigenvalue weighted by molar-refractivity contribution is 5.77. The Kier molecular flexibility index (Phi) is 6.25. The molecule has 0 unspecified atom stereocenters. The summed E-state index contributed by atoms with van der Waals surface area (Å²) in [4.78, 5) is 9.39. The number of rotatable bonds is 7. The first kappa shape index (κ1) is 17.7. The fourth-order valence-corrected chi connectivity index (χ4v) is 3.34. The number of nitrogens with zero attached hydrogens (tertiary/aromatic N) is 3. The second-order valence-corrected chi connectivity index (χ2v) is 6.33. The van der Waals surface area contributed by atoms with Crippen molar-refractivity contribution < 1.29 is 4.74 Å². The quantitative estimate of drug-likeness (QED) is 0.838. The van der Waals surface area contributed by atoms with E-state index in [-0.39, 0.29) is 0 Å². The van der Waals surface area contributed by atoms with Crippen molar-refractivity contribution in [3.8, 4) is 0 Å². The summed E-state index contributed by atoms with van der Waals surface area (Å²) in [6.07, 6.45) is 2.84. The summed E-state index contributed by atoms with van der Waals surface area (Å²) in [5, 5.41) is 3.50. The van der Waals surface area contributed by atoms with Crippen LogP contribution in [0.1, 0.15) is 12.5 Å². The monoisotopic (exact) mass is 340 g/mol. The maximum absolute atomic E-state index is 5.21. The molecule has 1 aromatic heterocycles. The minimum atomic E-state index is 0.804. The number of benzene rings is 1. The van der Waals surface area contributed by atoms with E-state index in [1.54, 1.807) is 7.11 Å². The SMILES string of the molecule is CCc1cccc(Nc2ccccn2)c1N1CCN(CCOC)CC1. The van der Waals surface area contributed by atoms with Crippen LogP contribution in [0.5, 0.6) is 0 Å². The van der Waals surface area contributed by atoms with Crippen LogP contribution in [0.2, 0.25) is 0 Å². The van der Waals surface area contributed by atoms with E-state index in [0.717, 1.165) is 57.3 Å². The lowest BCUT2D eigenvalue weighted by Crippen LogP contribution is -2.47. The highest BCUT2D eigenvalue weighted by Crippen LogP contribution is 2.33. The van der Waals surface area contributed by atoms with Gasteiger partial charge in [-0.15, -0.1) is 0 Å². The number of aryl methyl sites for hydroxylation is 1. The smallest absolute Gasteiger partial charge is 0.130 e. The standard InChI is InChI=1S/C20H28N4O/c1-3-17-7-6-8-18(22-19-9-4-5-10-21-19)20(17)24-13-11-23(12-14-24)15-16-25-2/h4-10H,3,11-16H2,1-2H3,(H,21,22). The number of methoxy groups -OCH3 is 1. The Morgan fingerprint density at radius 2 is 1.92 bits per heavy atom. The third-order valence-electron chi connectivity index (χ3n) is 4.73. The molecule has 1 aliphatic rings. The van der Waals surface area contributed by atoms with Crippen molar-refractivity contribution in [1.29, 1.82) is 0 Å². The van der Waals surface area contributed by atoms with E-state index in [0.29, 0.717) is 0 Å². The first-order chi connectivity index (χ1) is 12.3. The summed E-state index contributed by atoms with van der Waals surface area (Å²) < 4.78 is 5.21. The van der Waals surface area contributed by atoms with Gasteiger partial charge in [-0.2, -0.15) is 0 Å². The van der Waals surface area contributed by atoms with Gasteiger partial charge in [0.15, 0.2) is 0 Å². The van der Waals surface area contributed by atoms with Crippen molar-refractivity contribution in [1.82, 2.24) is 9.88 Å². The Labute approximate surface area is 150 Å². The molecule has 0 aliphatic carbocycles. The molecule has 0 saturated carbocycles. The van der Waals surface area contributed by atoms with E-state index in [9.17, 15) is 0 Å². The van der Waals surface area contributed by atoms with Gasteiger partial charge in [0.1, 0.15) is 5.82 Å². The number of pyridine rings is 1. The summed E-state index contributed by atoms with van der Waals surface area (Å²) in [5.74, 6) is 0.885. The molecule has 0 spiro atoms. The number of para-hydroxylation sites is 1. The van der Waals surface area contributed by atoms with Crippen LogP contribution in [0.25, 0.3) is 0 Å². The highest BCUT2D eigenvalue weighted by Gasteiger charge is 2.21. The minimum Gasteiger partial charge on any atom is -0.383 e. The second kappa shape index (κ2) is 8.83. The number of aromatic nitrogens is 1. The highest BCUT2D eigenvalue weighted by atomic mass is 16.5. The molecule has 1 N–H and O–H groups in total. The summed E-state index contributed by atoms with van der Waals surface area (Å²) in [5.41, 5.74) is 3.84. The summed E-state index contributed by atoms with van der Waals surface area (Å²) in [7, 11) is 1.77. The van der Waals surface area contributed by atoms with Gasteiger partial charge in [0.25, 0.3) is 0 Å². The van der Waals surface area contributed by atoms with Crippen molar-refractivity contribution in [2.75, 3.05) is 56.7 Å². The Morgan fingerprint density at radius 3 is 2.60 bits per heavy atom. The van der Waals surface area contributed by atoms with Gasteiger partial charge >= 0.3 is 0 Å².